The molecule has 1 N–H and O–H groups in total. The van der Waals surface area contributed by atoms with Gasteiger partial charge >= 0.3 is 5.97 Å². The smallest absolute Gasteiger partial charge is 0.335 e. The molecule has 0 saturated carbocycles. The van der Waals surface area contributed by atoms with Gasteiger partial charge in [-0.15, -0.1) is 0 Å². The van der Waals surface area contributed by atoms with Gasteiger partial charge in [0, 0.05) is 19.2 Å². The van der Waals surface area contributed by atoms with Gasteiger partial charge in [0.1, 0.15) is 0 Å². The minimum Gasteiger partial charge on any atom is -0.478 e. The lowest BCUT2D eigenvalue weighted by atomic mass is 10.1. The van der Waals surface area contributed by atoms with Gasteiger partial charge in [-0.1, -0.05) is 12.1 Å². The Morgan fingerprint density at radius 1 is 1.16 bits per heavy atom. The van der Waals surface area contributed by atoms with Gasteiger partial charge in [-0.05, 0) is 23.8 Å². The topological polar surface area (TPSA) is 66.8 Å². The molecule has 0 unspecified atom stereocenters. The number of aromatic carboxylic acids is 1. The molecular formula is C14H15NO4. The number of amides is 1. The first-order valence-electron chi connectivity index (χ1n) is 6.05. The zero-order valence-corrected chi connectivity index (χ0v) is 10.4. The van der Waals surface area contributed by atoms with E-state index in [1.54, 1.807) is 23.1 Å². The molecule has 0 atom stereocenters. The average Bonchev–Trinajstić information content (AvgIpc) is 2.46. The van der Waals surface area contributed by atoms with Crippen molar-refractivity contribution in [2.45, 2.75) is 0 Å². The molecule has 0 spiro atoms. The Labute approximate surface area is 111 Å². The molecule has 1 fully saturated rings. The van der Waals surface area contributed by atoms with E-state index in [9.17, 15) is 9.59 Å². The molecule has 1 aromatic carbocycles. The molecule has 1 amide bonds. The number of carboxylic acids is 1. The Bertz CT molecular complexity index is 487. The van der Waals surface area contributed by atoms with Gasteiger partial charge in [0.25, 0.3) is 0 Å². The number of hydrogen-bond acceptors (Lipinski definition) is 3. The summed E-state index contributed by atoms with van der Waals surface area (Å²) in [6.45, 7) is 2.38. The van der Waals surface area contributed by atoms with Crippen molar-refractivity contribution in [2.75, 3.05) is 26.3 Å². The Balaban J connectivity index is 1.97. The molecule has 100 valence electrons. The summed E-state index contributed by atoms with van der Waals surface area (Å²) < 4.78 is 5.17. The fourth-order valence-corrected chi connectivity index (χ4v) is 1.79. The van der Waals surface area contributed by atoms with Crippen LogP contribution in [0, 0.1) is 0 Å². The molecule has 1 heterocycles. The summed E-state index contributed by atoms with van der Waals surface area (Å²) in [5, 5.41) is 8.77. The number of carbonyl (C=O) groups excluding carboxylic acids is 1. The number of rotatable bonds is 3. The third-order valence-corrected chi connectivity index (χ3v) is 2.90. The first kappa shape index (κ1) is 13.3. The first-order chi connectivity index (χ1) is 9.16. The van der Waals surface area contributed by atoms with Crippen molar-refractivity contribution in [3.05, 3.63) is 41.5 Å². The minimum absolute atomic E-state index is 0.0504. The van der Waals surface area contributed by atoms with Crippen molar-refractivity contribution in [3.63, 3.8) is 0 Å². The Morgan fingerprint density at radius 2 is 1.79 bits per heavy atom. The highest BCUT2D eigenvalue weighted by Crippen LogP contribution is 2.07. The van der Waals surface area contributed by atoms with Crippen molar-refractivity contribution in [1.29, 1.82) is 0 Å². The number of carbonyl (C=O) groups is 2. The van der Waals surface area contributed by atoms with Gasteiger partial charge in [-0.3, -0.25) is 4.79 Å². The van der Waals surface area contributed by atoms with E-state index in [-0.39, 0.29) is 11.5 Å². The average molecular weight is 261 g/mol. The molecule has 1 saturated heterocycles. The van der Waals surface area contributed by atoms with Gasteiger partial charge in [0.05, 0.1) is 18.8 Å². The summed E-state index contributed by atoms with van der Waals surface area (Å²) in [6, 6.07) is 6.38. The van der Waals surface area contributed by atoms with Crippen LogP contribution in [0.2, 0.25) is 0 Å². The molecule has 0 bridgehead atoms. The molecule has 0 aromatic heterocycles. The maximum absolute atomic E-state index is 11.8. The molecule has 2 rings (SSSR count). The molecule has 1 aromatic rings. The van der Waals surface area contributed by atoms with E-state index in [1.165, 1.54) is 18.2 Å². The third kappa shape index (κ3) is 3.66. The molecular weight excluding hydrogens is 246 g/mol. The van der Waals surface area contributed by atoms with E-state index < -0.39 is 5.97 Å². The number of hydrogen-bond donors (Lipinski definition) is 1. The zero-order valence-electron chi connectivity index (χ0n) is 10.4. The first-order valence-corrected chi connectivity index (χ1v) is 6.05. The summed E-state index contributed by atoms with van der Waals surface area (Å²) in [5.41, 5.74) is 1.03. The van der Waals surface area contributed by atoms with Gasteiger partial charge < -0.3 is 14.7 Å². The Hall–Kier alpha value is -2.14. The van der Waals surface area contributed by atoms with Crippen molar-refractivity contribution in [2.24, 2.45) is 0 Å². The van der Waals surface area contributed by atoms with Gasteiger partial charge in [0.15, 0.2) is 0 Å². The SMILES string of the molecule is O=C(O)c1ccc(/C=C/C(=O)N2CCOCC2)cc1. The number of benzene rings is 1. The Kier molecular flexibility index (Phi) is 4.30. The molecule has 5 nitrogen and oxygen atoms in total. The molecule has 5 heteroatoms. The van der Waals surface area contributed by atoms with Crippen LogP contribution in [-0.2, 0) is 9.53 Å². The normalized spacial score (nSPS) is 15.7. The van der Waals surface area contributed by atoms with E-state index >= 15 is 0 Å². The lowest BCUT2D eigenvalue weighted by Gasteiger charge is -2.25. The fraction of sp³-hybridized carbons (Fsp3) is 0.286. The van der Waals surface area contributed by atoms with Gasteiger partial charge in [-0.2, -0.15) is 0 Å². The zero-order chi connectivity index (χ0) is 13.7. The van der Waals surface area contributed by atoms with E-state index in [0.29, 0.717) is 26.3 Å². The lowest BCUT2D eigenvalue weighted by Crippen LogP contribution is -2.39. The van der Waals surface area contributed by atoms with Crippen molar-refractivity contribution in [1.82, 2.24) is 4.90 Å². The third-order valence-electron chi connectivity index (χ3n) is 2.90. The van der Waals surface area contributed by atoms with Crippen LogP contribution in [0.25, 0.3) is 6.08 Å². The summed E-state index contributed by atoms with van der Waals surface area (Å²) >= 11 is 0. The summed E-state index contributed by atoms with van der Waals surface area (Å²) in [7, 11) is 0. The number of nitrogens with zero attached hydrogens (tertiary/aromatic N) is 1. The molecule has 19 heavy (non-hydrogen) atoms. The predicted molar refractivity (Wildman–Crippen MR) is 69.8 cm³/mol. The standard InChI is InChI=1S/C14H15NO4/c16-13(15-7-9-19-10-8-15)6-3-11-1-4-12(5-2-11)14(17)18/h1-6H,7-10H2,(H,17,18)/b6-3+. The maximum Gasteiger partial charge on any atom is 0.335 e. The van der Waals surface area contributed by atoms with Crippen molar-refractivity contribution < 1.29 is 19.4 Å². The highest BCUT2D eigenvalue weighted by molar-refractivity contribution is 5.92. The molecule has 0 radical (unpaired) electrons. The number of ether oxygens (including phenoxy) is 1. The minimum atomic E-state index is -0.958. The highest BCUT2D eigenvalue weighted by atomic mass is 16.5. The van der Waals surface area contributed by atoms with E-state index in [4.69, 9.17) is 9.84 Å². The lowest BCUT2D eigenvalue weighted by molar-refractivity contribution is -0.129. The van der Waals surface area contributed by atoms with Crippen LogP contribution in [0.3, 0.4) is 0 Å². The molecule has 0 aliphatic carbocycles. The van der Waals surface area contributed by atoms with Crippen LogP contribution >= 0.6 is 0 Å². The fourth-order valence-electron chi connectivity index (χ4n) is 1.79. The monoisotopic (exact) mass is 261 g/mol. The second-order valence-corrected chi connectivity index (χ2v) is 4.20. The summed E-state index contributed by atoms with van der Waals surface area (Å²) in [6.07, 6.45) is 3.19. The van der Waals surface area contributed by atoms with Crippen LogP contribution in [0.5, 0.6) is 0 Å². The van der Waals surface area contributed by atoms with E-state index in [2.05, 4.69) is 0 Å². The van der Waals surface area contributed by atoms with Crippen LogP contribution < -0.4 is 0 Å². The van der Waals surface area contributed by atoms with E-state index in [1.807, 2.05) is 0 Å². The molecule has 1 aliphatic rings. The quantitative estimate of drug-likeness (QED) is 0.832. The van der Waals surface area contributed by atoms with Crippen molar-refractivity contribution in [3.8, 4) is 0 Å². The predicted octanol–water partition coefficient (Wildman–Crippen LogP) is 1.26. The van der Waals surface area contributed by atoms with Crippen LogP contribution in [-0.4, -0.2) is 48.2 Å². The van der Waals surface area contributed by atoms with Crippen LogP contribution in [0.4, 0.5) is 0 Å². The van der Waals surface area contributed by atoms with Crippen LogP contribution in [0.15, 0.2) is 30.3 Å². The number of carboxylic acid groups (broad SMARTS) is 1. The molecule has 1 aliphatic heterocycles. The Morgan fingerprint density at radius 3 is 2.37 bits per heavy atom. The maximum atomic E-state index is 11.8. The van der Waals surface area contributed by atoms with Gasteiger partial charge in [0.2, 0.25) is 5.91 Å². The summed E-state index contributed by atoms with van der Waals surface area (Å²) in [5.74, 6) is -1.01. The van der Waals surface area contributed by atoms with Gasteiger partial charge in [-0.25, -0.2) is 4.79 Å². The van der Waals surface area contributed by atoms with Crippen LogP contribution in [0.1, 0.15) is 15.9 Å². The highest BCUT2D eigenvalue weighted by Gasteiger charge is 2.13. The summed E-state index contributed by atoms with van der Waals surface area (Å²) in [4.78, 5) is 24.3. The largest absolute Gasteiger partial charge is 0.478 e. The van der Waals surface area contributed by atoms with E-state index in [0.717, 1.165) is 5.56 Å². The second-order valence-electron chi connectivity index (χ2n) is 4.20. The number of morpholine rings is 1. The second kappa shape index (κ2) is 6.15. The van der Waals surface area contributed by atoms with Crippen molar-refractivity contribution >= 4 is 18.0 Å².